The van der Waals surface area contributed by atoms with E-state index in [0.717, 1.165) is 29.0 Å². The summed E-state index contributed by atoms with van der Waals surface area (Å²) >= 11 is 0. The largest absolute Gasteiger partial charge is 0.504 e. The molecule has 1 aliphatic heterocycles. The maximum Gasteiger partial charge on any atom is 0.163 e. The summed E-state index contributed by atoms with van der Waals surface area (Å²) < 4.78 is 11.4. The number of ether oxygens (including phenoxy) is 2. The van der Waals surface area contributed by atoms with Gasteiger partial charge in [0, 0.05) is 17.2 Å². The molecule has 2 aliphatic rings. The molecule has 0 amide bonds. The monoisotopic (exact) mass is 399 g/mol. The zero-order chi connectivity index (χ0) is 20.5. The predicted molar refractivity (Wildman–Crippen MR) is 118 cm³/mol. The average Bonchev–Trinajstić information content (AvgIpc) is 3.28. The molecule has 0 radical (unpaired) electrons. The van der Waals surface area contributed by atoms with Gasteiger partial charge >= 0.3 is 0 Å². The average molecular weight is 399 g/mol. The molecule has 3 atom stereocenters. The number of aromatic hydroxyl groups is 1. The van der Waals surface area contributed by atoms with E-state index in [1.54, 1.807) is 13.2 Å². The maximum absolute atomic E-state index is 10.7. The van der Waals surface area contributed by atoms with E-state index in [0.29, 0.717) is 18.3 Å². The Balaban J connectivity index is 1.44. The van der Waals surface area contributed by atoms with Gasteiger partial charge in [0.1, 0.15) is 12.4 Å². The molecule has 1 heterocycles. The Hall–Kier alpha value is -3.40. The van der Waals surface area contributed by atoms with Crippen LogP contribution in [-0.2, 0) is 6.61 Å². The van der Waals surface area contributed by atoms with Crippen LogP contribution in [0.5, 0.6) is 17.2 Å². The highest BCUT2D eigenvalue weighted by Gasteiger charge is 2.39. The second-order valence-electron chi connectivity index (χ2n) is 7.90. The van der Waals surface area contributed by atoms with Gasteiger partial charge in [-0.25, -0.2) is 0 Å². The smallest absolute Gasteiger partial charge is 0.163 e. The van der Waals surface area contributed by atoms with Crippen LogP contribution in [0.15, 0.2) is 78.9 Å². The third-order valence-corrected chi connectivity index (χ3v) is 6.17. The summed E-state index contributed by atoms with van der Waals surface area (Å²) in [6.45, 7) is 0.553. The molecule has 152 valence electrons. The Kier molecular flexibility index (Phi) is 4.83. The van der Waals surface area contributed by atoms with Crippen LogP contribution in [0.4, 0.5) is 5.69 Å². The Morgan fingerprint density at radius 2 is 1.87 bits per heavy atom. The van der Waals surface area contributed by atoms with Gasteiger partial charge in [0.2, 0.25) is 0 Å². The summed E-state index contributed by atoms with van der Waals surface area (Å²) in [5.74, 6) is 2.22. The summed E-state index contributed by atoms with van der Waals surface area (Å²) in [7, 11) is 1.58. The molecule has 5 rings (SSSR count). The highest BCUT2D eigenvalue weighted by Crippen LogP contribution is 2.52. The van der Waals surface area contributed by atoms with E-state index < -0.39 is 0 Å². The number of allylic oxidation sites excluding steroid dienone is 2. The first-order valence-corrected chi connectivity index (χ1v) is 10.3. The normalized spacial score (nSPS) is 21.4. The standard InChI is InChI=1S/C26H25NO3/c1-29-24-12-6-11-21(26(24)28)25-20-10-5-9-19(20)22-15-18(13-14-23(22)27-25)30-16-17-7-3-2-4-8-17/h2-9,11-15,19-20,25,27-28H,10,16H2,1H3. The molecule has 4 nitrogen and oxygen atoms in total. The first kappa shape index (κ1) is 18.6. The molecule has 0 fully saturated rings. The highest BCUT2D eigenvalue weighted by atomic mass is 16.5. The van der Waals surface area contributed by atoms with Crippen LogP contribution in [-0.4, -0.2) is 12.2 Å². The van der Waals surface area contributed by atoms with Gasteiger partial charge in [-0.1, -0.05) is 54.6 Å². The molecule has 0 saturated carbocycles. The van der Waals surface area contributed by atoms with Crippen molar-refractivity contribution in [1.29, 1.82) is 0 Å². The quantitative estimate of drug-likeness (QED) is 0.532. The summed E-state index contributed by atoms with van der Waals surface area (Å²) in [5, 5.41) is 14.4. The van der Waals surface area contributed by atoms with E-state index in [2.05, 4.69) is 41.7 Å². The predicted octanol–water partition coefficient (Wildman–Crippen LogP) is 5.81. The number of hydrogen-bond donors (Lipinski definition) is 2. The van der Waals surface area contributed by atoms with E-state index >= 15 is 0 Å². The van der Waals surface area contributed by atoms with E-state index in [-0.39, 0.29) is 17.7 Å². The number of phenols is 1. The van der Waals surface area contributed by atoms with E-state index in [4.69, 9.17) is 9.47 Å². The first-order chi connectivity index (χ1) is 14.7. The SMILES string of the molecule is COc1cccc(C2Nc3ccc(OCc4ccccc4)cc3C3C=CCC32)c1O. The molecule has 3 unspecified atom stereocenters. The van der Waals surface area contributed by atoms with Gasteiger partial charge in [0.15, 0.2) is 11.5 Å². The number of anilines is 1. The Labute approximate surface area is 176 Å². The van der Waals surface area contributed by atoms with Crippen LogP contribution < -0.4 is 14.8 Å². The third kappa shape index (κ3) is 3.28. The molecule has 0 spiro atoms. The van der Waals surface area contributed by atoms with E-state index in [1.165, 1.54) is 5.56 Å². The molecule has 30 heavy (non-hydrogen) atoms. The van der Waals surface area contributed by atoms with Crippen LogP contribution in [0, 0.1) is 5.92 Å². The molecular formula is C26H25NO3. The zero-order valence-electron chi connectivity index (χ0n) is 16.9. The van der Waals surface area contributed by atoms with Crippen LogP contribution in [0.3, 0.4) is 0 Å². The van der Waals surface area contributed by atoms with Crippen molar-refractivity contribution >= 4 is 5.69 Å². The molecule has 3 aromatic carbocycles. The van der Waals surface area contributed by atoms with Crippen molar-refractivity contribution in [3.8, 4) is 17.2 Å². The van der Waals surface area contributed by atoms with E-state index in [9.17, 15) is 5.11 Å². The maximum atomic E-state index is 10.7. The topological polar surface area (TPSA) is 50.7 Å². The minimum absolute atomic E-state index is 0.0173. The van der Waals surface area contributed by atoms with Gasteiger partial charge in [0.25, 0.3) is 0 Å². The third-order valence-electron chi connectivity index (χ3n) is 6.17. The Bertz CT molecular complexity index is 1080. The number of para-hydroxylation sites is 1. The lowest BCUT2D eigenvalue weighted by molar-refractivity contribution is 0.305. The van der Waals surface area contributed by atoms with Crippen LogP contribution in [0.2, 0.25) is 0 Å². The number of benzene rings is 3. The van der Waals surface area contributed by atoms with Gasteiger partial charge in [-0.3, -0.25) is 0 Å². The van der Waals surface area contributed by atoms with Gasteiger partial charge in [-0.15, -0.1) is 0 Å². The van der Waals surface area contributed by atoms with Gasteiger partial charge in [0.05, 0.1) is 13.2 Å². The fraction of sp³-hybridized carbons (Fsp3) is 0.231. The van der Waals surface area contributed by atoms with Gasteiger partial charge in [-0.2, -0.15) is 0 Å². The second kappa shape index (κ2) is 7.79. The minimum atomic E-state index is 0.0173. The zero-order valence-corrected chi connectivity index (χ0v) is 16.9. The number of hydrogen-bond acceptors (Lipinski definition) is 4. The lowest BCUT2D eigenvalue weighted by Crippen LogP contribution is -2.29. The lowest BCUT2D eigenvalue weighted by Gasteiger charge is -2.38. The molecule has 3 aromatic rings. The molecule has 0 saturated heterocycles. The molecule has 2 N–H and O–H groups in total. The fourth-order valence-electron chi connectivity index (χ4n) is 4.67. The molecule has 0 bridgehead atoms. The molecule has 4 heteroatoms. The summed E-state index contributed by atoms with van der Waals surface area (Å²) in [6.07, 6.45) is 5.50. The van der Waals surface area contributed by atoms with Crippen LogP contribution >= 0.6 is 0 Å². The van der Waals surface area contributed by atoms with Crippen molar-refractivity contribution in [1.82, 2.24) is 0 Å². The fourth-order valence-corrected chi connectivity index (χ4v) is 4.67. The second-order valence-corrected chi connectivity index (χ2v) is 7.90. The van der Waals surface area contributed by atoms with Crippen molar-refractivity contribution in [3.63, 3.8) is 0 Å². The van der Waals surface area contributed by atoms with Crippen molar-refractivity contribution < 1.29 is 14.6 Å². The minimum Gasteiger partial charge on any atom is -0.504 e. The lowest BCUT2D eigenvalue weighted by atomic mass is 9.76. The highest BCUT2D eigenvalue weighted by molar-refractivity contribution is 5.63. The van der Waals surface area contributed by atoms with Crippen LogP contribution in [0.25, 0.3) is 0 Å². The number of nitrogens with one attached hydrogen (secondary N) is 1. The summed E-state index contributed by atoms with van der Waals surface area (Å²) in [5.41, 5.74) is 4.36. The van der Waals surface area contributed by atoms with Crippen molar-refractivity contribution in [2.75, 3.05) is 12.4 Å². The van der Waals surface area contributed by atoms with Crippen molar-refractivity contribution in [2.24, 2.45) is 5.92 Å². The van der Waals surface area contributed by atoms with E-state index in [1.807, 2.05) is 36.4 Å². The van der Waals surface area contributed by atoms with Gasteiger partial charge in [-0.05, 0) is 47.7 Å². The summed E-state index contributed by atoms with van der Waals surface area (Å²) in [6, 6.07) is 22.2. The molecular weight excluding hydrogens is 374 g/mol. The number of rotatable bonds is 5. The van der Waals surface area contributed by atoms with Crippen LogP contribution in [0.1, 0.15) is 35.1 Å². The van der Waals surface area contributed by atoms with Crippen molar-refractivity contribution in [2.45, 2.75) is 25.0 Å². The number of phenolic OH excluding ortho intramolecular Hbond substituents is 1. The molecule has 0 aromatic heterocycles. The van der Waals surface area contributed by atoms with Crippen molar-refractivity contribution in [3.05, 3.63) is 95.6 Å². The first-order valence-electron chi connectivity index (χ1n) is 10.3. The Morgan fingerprint density at radius 1 is 1.00 bits per heavy atom. The number of fused-ring (bicyclic) bond motifs is 3. The van der Waals surface area contributed by atoms with Gasteiger partial charge < -0.3 is 19.9 Å². The molecule has 1 aliphatic carbocycles. The number of methoxy groups -OCH3 is 1. The Morgan fingerprint density at radius 3 is 2.70 bits per heavy atom. The summed E-state index contributed by atoms with van der Waals surface area (Å²) in [4.78, 5) is 0.